The van der Waals surface area contributed by atoms with Crippen molar-refractivity contribution < 1.29 is 0 Å². The maximum absolute atomic E-state index is 3.19. The van der Waals surface area contributed by atoms with Gasteiger partial charge in [-0.1, -0.05) is 25.0 Å². The molecule has 0 radical (unpaired) electrons. The van der Waals surface area contributed by atoms with Crippen LogP contribution in [0, 0.1) is 17.8 Å². The van der Waals surface area contributed by atoms with Gasteiger partial charge in [0.25, 0.3) is 0 Å². The summed E-state index contributed by atoms with van der Waals surface area (Å²) in [7, 11) is 0. The van der Waals surface area contributed by atoms with Gasteiger partial charge in [-0.05, 0) is 12.8 Å². The summed E-state index contributed by atoms with van der Waals surface area (Å²) in [5.74, 6) is 6.86. The lowest BCUT2D eigenvalue weighted by atomic mass is 10.1. The van der Waals surface area contributed by atoms with Gasteiger partial charge in [-0.15, -0.1) is 5.92 Å². The minimum absolute atomic E-state index is 0.574. The first-order chi connectivity index (χ1) is 4.43. The minimum atomic E-state index is 0.574. The first-order valence-electron chi connectivity index (χ1n) is 3.58. The van der Waals surface area contributed by atoms with E-state index < -0.39 is 0 Å². The Morgan fingerprint density at radius 2 is 2.56 bits per heavy atom. The van der Waals surface area contributed by atoms with E-state index in [4.69, 9.17) is 0 Å². The fraction of sp³-hybridized carbons (Fsp3) is 0.556. The van der Waals surface area contributed by atoms with Crippen LogP contribution < -0.4 is 0 Å². The van der Waals surface area contributed by atoms with Crippen molar-refractivity contribution in [2.45, 2.75) is 26.2 Å². The monoisotopic (exact) mass is 120 g/mol. The first-order valence-corrected chi connectivity index (χ1v) is 3.58. The van der Waals surface area contributed by atoms with Crippen molar-refractivity contribution in [3.63, 3.8) is 0 Å². The van der Waals surface area contributed by atoms with Crippen LogP contribution in [0.15, 0.2) is 12.2 Å². The maximum atomic E-state index is 3.19. The smallest absolute Gasteiger partial charge is 0.0385 e. The van der Waals surface area contributed by atoms with Gasteiger partial charge >= 0.3 is 0 Å². The van der Waals surface area contributed by atoms with Crippen LogP contribution in [0.25, 0.3) is 0 Å². The van der Waals surface area contributed by atoms with Crippen molar-refractivity contribution in [3.05, 3.63) is 12.2 Å². The summed E-state index contributed by atoms with van der Waals surface area (Å²) >= 11 is 0. The second kappa shape index (κ2) is 3.35. The van der Waals surface area contributed by atoms with E-state index in [-0.39, 0.29) is 0 Å². The Hall–Kier alpha value is -0.700. The lowest BCUT2D eigenvalue weighted by Gasteiger charge is -1.91. The second-order valence-electron chi connectivity index (χ2n) is 2.29. The molecule has 0 saturated carbocycles. The number of rotatable bonds is 0. The molecule has 0 nitrogen and oxygen atoms in total. The fourth-order valence-electron chi connectivity index (χ4n) is 0.986. The van der Waals surface area contributed by atoms with Gasteiger partial charge in [0.15, 0.2) is 0 Å². The van der Waals surface area contributed by atoms with Crippen LogP contribution in [-0.4, -0.2) is 0 Å². The summed E-state index contributed by atoms with van der Waals surface area (Å²) in [5.41, 5.74) is 0. The number of hydrogen-bond donors (Lipinski definition) is 0. The Kier molecular flexibility index (Phi) is 2.39. The molecule has 48 valence electrons. The van der Waals surface area contributed by atoms with Crippen LogP contribution in [0.5, 0.6) is 0 Å². The summed E-state index contributed by atoms with van der Waals surface area (Å²) < 4.78 is 0. The predicted molar refractivity (Wildman–Crippen MR) is 39.9 cm³/mol. The third-order valence-corrected chi connectivity index (χ3v) is 1.48. The van der Waals surface area contributed by atoms with Crippen molar-refractivity contribution in [2.75, 3.05) is 0 Å². The molecule has 1 unspecified atom stereocenters. The van der Waals surface area contributed by atoms with E-state index in [9.17, 15) is 0 Å². The summed E-state index contributed by atoms with van der Waals surface area (Å²) in [6.45, 7) is 2.09. The van der Waals surface area contributed by atoms with Crippen LogP contribution in [0.2, 0.25) is 0 Å². The molecule has 9 heavy (non-hydrogen) atoms. The van der Waals surface area contributed by atoms with E-state index in [2.05, 4.69) is 30.9 Å². The standard InChI is InChI=1S/C9H12/c1-2-3-6-9-7-4-5-8-9/h4,7,9H,2,5,8H2,1H3. The number of hydrogen-bond acceptors (Lipinski definition) is 0. The molecule has 1 aliphatic rings. The van der Waals surface area contributed by atoms with Crippen LogP contribution in [0.4, 0.5) is 0 Å². The zero-order chi connectivity index (χ0) is 6.53. The zero-order valence-corrected chi connectivity index (χ0v) is 5.85. The third kappa shape index (κ3) is 1.93. The van der Waals surface area contributed by atoms with E-state index in [1.165, 1.54) is 12.8 Å². The highest BCUT2D eigenvalue weighted by molar-refractivity contribution is 5.14. The van der Waals surface area contributed by atoms with Gasteiger partial charge in [-0.25, -0.2) is 0 Å². The molecular formula is C9H12. The van der Waals surface area contributed by atoms with E-state index in [1.54, 1.807) is 0 Å². The first kappa shape index (κ1) is 6.42. The average molecular weight is 120 g/mol. The molecule has 0 spiro atoms. The van der Waals surface area contributed by atoms with Crippen molar-refractivity contribution in [2.24, 2.45) is 5.92 Å². The highest BCUT2D eigenvalue weighted by Gasteiger charge is 2.03. The molecule has 0 aromatic rings. The van der Waals surface area contributed by atoms with E-state index in [0.29, 0.717) is 5.92 Å². The molecule has 0 aromatic carbocycles. The molecule has 0 aromatic heterocycles. The van der Waals surface area contributed by atoms with Crippen LogP contribution >= 0.6 is 0 Å². The molecule has 0 aliphatic heterocycles. The SMILES string of the molecule is CCC#CC1C=CCC1. The number of allylic oxidation sites excluding steroid dienone is 2. The Morgan fingerprint density at radius 3 is 3.11 bits per heavy atom. The summed E-state index contributed by atoms with van der Waals surface area (Å²) in [6.07, 6.45) is 7.89. The maximum Gasteiger partial charge on any atom is 0.0385 e. The van der Waals surface area contributed by atoms with Crippen molar-refractivity contribution >= 4 is 0 Å². The molecule has 0 bridgehead atoms. The van der Waals surface area contributed by atoms with Crippen molar-refractivity contribution in [1.82, 2.24) is 0 Å². The molecule has 0 N–H and O–H groups in total. The topological polar surface area (TPSA) is 0 Å². The second-order valence-corrected chi connectivity index (χ2v) is 2.29. The summed E-state index contributed by atoms with van der Waals surface area (Å²) in [4.78, 5) is 0. The lowest BCUT2D eigenvalue weighted by molar-refractivity contribution is 0.795. The van der Waals surface area contributed by atoms with E-state index in [0.717, 1.165) is 6.42 Å². The Labute approximate surface area is 57.0 Å². The molecule has 0 heterocycles. The summed E-state index contributed by atoms with van der Waals surface area (Å²) in [6, 6.07) is 0. The van der Waals surface area contributed by atoms with Crippen molar-refractivity contribution in [1.29, 1.82) is 0 Å². The predicted octanol–water partition coefficient (Wildman–Crippen LogP) is 2.37. The Balaban J connectivity index is 2.35. The molecule has 0 fully saturated rings. The van der Waals surface area contributed by atoms with Crippen LogP contribution in [0.1, 0.15) is 26.2 Å². The highest BCUT2D eigenvalue weighted by Crippen LogP contribution is 2.15. The van der Waals surface area contributed by atoms with Crippen molar-refractivity contribution in [3.8, 4) is 11.8 Å². The summed E-state index contributed by atoms with van der Waals surface area (Å²) in [5, 5.41) is 0. The molecule has 1 rings (SSSR count). The lowest BCUT2D eigenvalue weighted by Crippen LogP contribution is -1.83. The molecule has 0 saturated heterocycles. The fourth-order valence-corrected chi connectivity index (χ4v) is 0.986. The Bertz CT molecular complexity index is 155. The van der Waals surface area contributed by atoms with Gasteiger partial charge in [-0.2, -0.15) is 0 Å². The Morgan fingerprint density at radius 1 is 1.67 bits per heavy atom. The van der Waals surface area contributed by atoms with Crippen LogP contribution in [-0.2, 0) is 0 Å². The molecule has 1 aliphatic carbocycles. The zero-order valence-electron chi connectivity index (χ0n) is 5.85. The molecule has 0 amide bonds. The van der Waals surface area contributed by atoms with Gasteiger partial charge in [0.05, 0.1) is 0 Å². The highest BCUT2D eigenvalue weighted by atomic mass is 14.1. The van der Waals surface area contributed by atoms with Gasteiger partial charge in [0.1, 0.15) is 0 Å². The third-order valence-electron chi connectivity index (χ3n) is 1.48. The van der Waals surface area contributed by atoms with Crippen LogP contribution in [0.3, 0.4) is 0 Å². The van der Waals surface area contributed by atoms with Gasteiger partial charge in [0, 0.05) is 12.3 Å². The minimum Gasteiger partial charge on any atom is -0.103 e. The van der Waals surface area contributed by atoms with Gasteiger partial charge in [-0.3, -0.25) is 0 Å². The van der Waals surface area contributed by atoms with E-state index in [1.807, 2.05) is 0 Å². The average Bonchev–Trinajstić information content (AvgIpc) is 2.34. The molecule has 1 atom stereocenters. The quantitative estimate of drug-likeness (QED) is 0.340. The molecule has 0 heteroatoms. The molecular weight excluding hydrogens is 108 g/mol. The largest absolute Gasteiger partial charge is 0.103 e. The normalized spacial score (nSPS) is 23.4. The van der Waals surface area contributed by atoms with E-state index >= 15 is 0 Å². The van der Waals surface area contributed by atoms with Gasteiger partial charge < -0.3 is 0 Å². The van der Waals surface area contributed by atoms with Gasteiger partial charge in [0.2, 0.25) is 0 Å².